The maximum atomic E-state index is 11.7. The van der Waals surface area contributed by atoms with Crippen LogP contribution in [0.1, 0.15) is 5.56 Å². The summed E-state index contributed by atoms with van der Waals surface area (Å²) in [6, 6.07) is 23.6. The molecule has 3 aromatic rings. The van der Waals surface area contributed by atoms with Gasteiger partial charge >= 0.3 is 0 Å². The number of thioether (sulfide) groups is 1. The monoisotopic (exact) mass is 432 g/mol. The normalized spacial score (nSPS) is 16.9. The summed E-state index contributed by atoms with van der Waals surface area (Å²) in [4.78, 5) is 25.2. The number of benzene rings is 3. The first-order valence-electron chi connectivity index (χ1n) is 10.0. The van der Waals surface area contributed by atoms with Crippen LogP contribution in [0.5, 0.6) is 17.2 Å². The highest BCUT2D eigenvalue weighted by atomic mass is 32.2. The Labute approximate surface area is 184 Å². The number of hydrogen-bond donors (Lipinski definition) is 1. The highest BCUT2D eigenvalue weighted by Gasteiger charge is 2.31. The molecule has 1 saturated heterocycles. The zero-order valence-electron chi connectivity index (χ0n) is 16.6. The number of para-hydroxylation sites is 4. The van der Waals surface area contributed by atoms with Crippen LogP contribution in [-0.4, -0.2) is 29.5 Å². The third-order valence-corrected chi connectivity index (χ3v) is 6.21. The van der Waals surface area contributed by atoms with Crippen LogP contribution in [0.15, 0.2) is 72.8 Å². The summed E-state index contributed by atoms with van der Waals surface area (Å²) in [5.74, 6) is 2.20. The van der Waals surface area contributed by atoms with Gasteiger partial charge in [0.2, 0.25) is 5.91 Å². The van der Waals surface area contributed by atoms with Crippen LogP contribution in [-0.2, 0) is 11.2 Å². The molecule has 0 spiro atoms. The molecule has 0 aliphatic carbocycles. The van der Waals surface area contributed by atoms with Crippen molar-refractivity contribution >= 4 is 34.3 Å². The van der Waals surface area contributed by atoms with E-state index in [0.29, 0.717) is 19.6 Å². The minimum absolute atomic E-state index is 0.221. The molecule has 2 aliphatic rings. The summed E-state index contributed by atoms with van der Waals surface area (Å²) in [6.07, 6.45) is 0.518. The quantitative estimate of drug-likeness (QED) is 0.597. The van der Waals surface area contributed by atoms with Gasteiger partial charge in [0.15, 0.2) is 11.5 Å². The molecule has 31 heavy (non-hydrogen) atoms. The molecule has 1 N–H and O–H groups in total. The fourth-order valence-corrected chi connectivity index (χ4v) is 4.60. The third-order valence-electron chi connectivity index (χ3n) is 5.23. The Morgan fingerprint density at radius 3 is 2.16 bits per heavy atom. The molecule has 0 saturated carbocycles. The van der Waals surface area contributed by atoms with E-state index in [1.165, 1.54) is 0 Å². The van der Waals surface area contributed by atoms with Crippen LogP contribution in [0.4, 0.5) is 16.2 Å². The number of ether oxygens (including phenoxy) is 2. The molecular formula is C24H20N2O4S. The smallest absolute Gasteiger partial charge is 0.286 e. The number of carbonyl (C=O) groups is 2. The van der Waals surface area contributed by atoms with Crippen molar-refractivity contribution in [2.45, 2.75) is 11.7 Å². The summed E-state index contributed by atoms with van der Waals surface area (Å²) in [5, 5.41) is 1.68. The summed E-state index contributed by atoms with van der Waals surface area (Å²) in [5.41, 5.74) is 3.02. The van der Waals surface area contributed by atoms with E-state index < -0.39 is 0 Å². The number of nitrogens with one attached hydrogen (secondary N) is 1. The van der Waals surface area contributed by atoms with E-state index >= 15 is 0 Å². The van der Waals surface area contributed by atoms with Gasteiger partial charge in [-0.25, -0.2) is 0 Å². The molecule has 0 bridgehead atoms. The summed E-state index contributed by atoms with van der Waals surface area (Å²) in [7, 11) is 0. The molecule has 1 atom stereocenters. The maximum absolute atomic E-state index is 11.7. The number of imide groups is 1. The van der Waals surface area contributed by atoms with Crippen LogP contribution in [0, 0.1) is 0 Å². The average molecular weight is 433 g/mol. The third kappa shape index (κ3) is 4.09. The number of hydrogen-bond acceptors (Lipinski definition) is 6. The Balaban J connectivity index is 1.23. The van der Waals surface area contributed by atoms with Crippen molar-refractivity contribution in [3.8, 4) is 17.2 Å². The Bertz CT molecular complexity index is 1090. The topological polar surface area (TPSA) is 67.9 Å². The molecule has 1 unspecified atom stereocenters. The Morgan fingerprint density at radius 2 is 1.55 bits per heavy atom. The Kier molecular flexibility index (Phi) is 5.26. The minimum atomic E-state index is -0.360. The predicted octanol–water partition coefficient (Wildman–Crippen LogP) is 4.90. The van der Waals surface area contributed by atoms with Crippen molar-refractivity contribution in [2.75, 3.05) is 18.1 Å². The van der Waals surface area contributed by atoms with E-state index in [1.807, 2.05) is 72.8 Å². The van der Waals surface area contributed by atoms with E-state index in [2.05, 4.69) is 10.2 Å². The Hall–Kier alpha value is -3.45. The van der Waals surface area contributed by atoms with Gasteiger partial charge in [-0.2, -0.15) is 0 Å². The summed E-state index contributed by atoms with van der Waals surface area (Å²) in [6.45, 7) is 1.16. The largest absolute Gasteiger partial charge is 0.492 e. The summed E-state index contributed by atoms with van der Waals surface area (Å²) >= 11 is 1.04. The van der Waals surface area contributed by atoms with Gasteiger partial charge in [-0.1, -0.05) is 48.2 Å². The highest BCUT2D eigenvalue weighted by Crippen LogP contribution is 2.45. The van der Waals surface area contributed by atoms with E-state index in [9.17, 15) is 9.59 Å². The fourth-order valence-electron chi connectivity index (χ4n) is 3.74. The number of nitrogens with zero attached hydrogens (tertiary/aromatic N) is 1. The van der Waals surface area contributed by atoms with Crippen LogP contribution in [0.25, 0.3) is 0 Å². The number of fused-ring (bicyclic) bond motifs is 2. The van der Waals surface area contributed by atoms with Crippen LogP contribution < -0.4 is 19.7 Å². The van der Waals surface area contributed by atoms with Crippen molar-refractivity contribution in [3.05, 3.63) is 78.4 Å². The molecular weight excluding hydrogens is 412 g/mol. The molecule has 6 nitrogen and oxygen atoms in total. The van der Waals surface area contributed by atoms with Gasteiger partial charge in [0, 0.05) is 0 Å². The first-order valence-corrected chi connectivity index (χ1v) is 10.9. The van der Waals surface area contributed by atoms with Gasteiger partial charge in [-0.3, -0.25) is 14.9 Å². The van der Waals surface area contributed by atoms with Gasteiger partial charge in [-0.15, -0.1) is 0 Å². The number of rotatable bonds is 6. The lowest BCUT2D eigenvalue weighted by atomic mass is 10.1. The number of amides is 2. The second-order valence-electron chi connectivity index (χ2n) is 7.27. The fraction of sp³-hybridized carbons (Fsp3) is 0.167. The lowest BCUT2D eigenvalue weighted by Gasteiger charge is -2.32. The molecule has 2 heterocycles. The first-order chi connectivity index (χ1) is 15.2. The van der Waals surface area contributed by atoms with Crippen LogP contribution in [0.3, 0.4) is 0 Å². The van der Waals surface area contributed by atoms with E-state index in [1.54, 1.807) is 0 Å². The maximum Gasteiger partial charge on any atom is 0.286 e. The van der Waals surface area contributed by atoms with Gasteiger partial charge < -0.3 is 14.4 Å². The lowest BCUT2D eigenvalue weighted by Crippen LogP contribution is -2.26. The molecule has 5 rings (SSSR count). The molecule has 0 aromatic heterocycles. The van der Waals surface area contributed by atoms with E-state index in [4.69, 9.17) is 9.47 Å². The van der Waals surface area contributed by atoms with Crippen LogP contribution in [0.2, 0.25) is 0 Å². The van der Waals surface area contributed by atoms with Gasteiger partial charge in [0.1, 0.15) is 12.4 Å². The SMILES string of the molecule is O=C1NC(=O)C(Cc2ccc(OCCN3c4ccccc4Oc4ccccc43)cc2)S1. The van der Waals surface area contributed by atoms with E-state index in [-0.39, 0.29) is 16.4 Å². The second kappa shape index (κ2) is 8.35. The summed E-state index contributed by atoms with van der Waals surface area (Å²) < 4.78 is 12.0. The number of anilines is 2. The van der Waals surface area contributed by atoms with E-state index in [0.717, 1.165) is 45.9 Å². The molecule has 1 fully saturated rings. The van der Waals surface area contributed by atoms with Gasteiger partial charge in [-0.05, 0) is 48.4 Å². The van der Waals surface area contributed by atoms with Crippen molar-refractivity contribution in [1.82, 2.24) is 5.32 Å². The predicted molar refractivity (Wildman–Crippen MR) is 121 cm³/mol. The molecule has 2 amide bonds. The molecule has 156 valence electrons. The standard InChI is InChI=1S/C24H20N2O4S/c27-23-22(31-24(28)25-23)15-16-9-11-17(12-10-16)29-14-13-26-18-5-1-3-7-20(18)30-21-8-4-2-6-19(21)26/h1-12,22H,13-15H2,(H,25,27,28). The van der Waals surface area contributed by atoms with Crippen molar-refractivity contribution in [3.63, 3.8) is 0 Å². The van der Waals surface area contributed by atoms with Crippen molar-refractivity contribution in [2.24, 2.45) is 0 Å². The first kappa shape index (κ1) is 19.5. The molecule has 0 radical (unpaired) electrons. The lowest BCUT2D eigenvalue weighted by molar-refractivity contribution is -0.118. The van der Waals surface area contributed by atoms with Gasteiger partial charge in [0.25, 0.3) is 5.24 Å². The molecule has 3 aromatic carbocycles. The van der Waals surface area contributed by atoms with Crippen molar-refractivity contribution < 1.29 is 19.1 Å². The Morgan fingerprint density at radius 1 is 0.903 bits per heavy atom. The van der Waals surface area contributed by atoms with Crippen molar-refractivity contribution in [1.29, 1.82) is 0 Å². The second-order valence-corrected chi connectivity index (χ2v) is 8.44. The van der Waals surface area contributed by atoms with Crippen LogP contribution >= 0.6 is 11.8 Å². The zero-order chi connectivity index (χ0) is 21.2. The zero-order valence-corrected chi connectivity index (χ0v) is 17.4. The number of carbonyl (C=O) groups excluding carboxylic acids is 2. The highest BCUT2D eigenvalue weighted by molar-refractivity contribution is 8.15. The van der Waals surface area contributed by atoms with Gasteiger partial charge in [0.05, 0.1) is 23.2 Å². The molecule has 2 aliphatic heterocycles. The minimum Gasteiger partial charge on any atom is -0.492 e. The molecule has 7 heteroatoms. The average Bonchev–Trinajstić information content (AvgIpc) is 3.11.